The van der Waals surface area contributed by atoms with Gasteiger partial charge < -0.3 is 21.0 Å². The Hall–Kier alpha value is -1.66. The first-order valence-corrected chi connectivity index (χ1v) is 6.23. The van der Waals surface area contributed by atoms with Gasteiger partial charge in [-0.3, -0.25) is 0 Å². The molecule has 5 nitrogen and oxygen atoms in total. The Morgan fingerprint density at radius 2 is 2.42 bits per heavy atom. The fourth-order valence-corrected chi connectivity index (χ4v) is 2.21. The number of ether oxygens (including phenoxy) is 1. The lowest BCUT2D eigenvalue weighted by atomic mass is 10.1. The van der Waals surface area contributed by atoms with E-state index < -0.39 is 5.82 Å². The quantitative estimate of drug-likeness (QED) is 0.331. The lowest BCUT2D eigenvalue weighted by Crippen LogP contribution is -2.34. The van der Waals surface area contributed by atoms with Crippen LogP contribution >= 0.6 is 0 Å². The van der Waals surface area contributed by atoms with Gasteiger partial charge in [0.25, 0.3) is 0 Å². The first-order valence-electron chi connectivity index (χ1n) is 6.23. The van der Waals surface area contributed by atoms with Crippen molar-refractivity contribution in [2.45, 2.75) is 32.0 Å². The van der Waals surface area contributed by atoms with Gasteiger partial charge in [-0.2, -0.15) is 0 Å². The van der Waals surface area contributed by atoms with Crippen LogP contribution in [0.1, 0.15) is 24.5 Å². The van der Waals surface area contributed by atoms with Crippen molar-refractivity contribution in [3.05, 3.63) is 35.1 Å². The molecule has 1 aromatic carbocycles. The highest BCUT2D eigenvalue weighted by molar-refractivity contribution is 5.97. The van der Waals surface area contributed by atoms with E-state index in [1.54, 1.807) is 12.1 Å². The first kappa shape index (κ1) is 13.8. The Morgan fingerprint density at radius 1 is 1.63 bits per heavy atom. The van der Waals surface area contributed by atoms with Crippen molar-refractivity contribution in [2.75, 3.05) is 6.61 Å². The minimum absolute atomic E-state index is 0.109. The second kappa shape index (κ2) is 5.99. The van der Waals surface area contributed by atoms with E-state index >= 15 is 0 Å². The SMILES string of the molecule is CC1OCCC1NCc1cccc(/C(N)=N/O)c1F. The molecular formula is C13H18FN3O2. The van der Waals surface area contributed by atoms with Crippen LogP contribution in [-0.2, 0) is 11.3 Å². The summed E-state index contributed by atoms with van der Waals surface area (Å²) in [5, 5.41) is 14.7. The van der Waals surface area contributed by atoms with Crippen LogP contribution in [0, 0.1) is 5.82 Å². The lowest BCUT2D eigenvalue weighted by Gasteiger charge is -2.16. The van der Waals surface area contributed by atoms with Gasteiger partial charge in [0.2, 0.25) is 0 Å². The van der Waals surface area contributed by atoms with Gasteiger partial charge in [0.15, 0.2) is 5.84 Å². The average Bonchev–Trinajstić information content (AvgIpc) is 2.82. The molecule has 6 heteroatoms. The second-order valence-corrected chi connectivity index (χ2v) is 4.62. The molecule has 0 amide bonds. The van der Waals surface area contributed by atoms with E-state index in [4.69, 9.17) is 15.7 Å². The Balaban J connectivity index is 2.08. The van der Waals surface area contributed by atoms with Crippen molar-refractivity contribution in [2.24, 2.45) is 10.9 Å². The maximum atomic E-state index is 14.1. The van der Waals surface area contributed by atoms with E-state index in [0.717, 1.165) is 13.0 Å². The number of nitrogens with one attached hydrogen (secondary N) is 1. The average molecular weight is 267 g/mol. The zero-order valence-electron chi connectivity index (χ0n) is 10.8. The van der Waals surface area contributed by atoms with Crippen molar-refractivity contribution < 1.29 is 14.3 Å². The van der Waals surface area contributed by atoms with Crippen LogP contribution in [0.2, 0.25) is 0 Å². The van der Waals surface area contributed by atoms with Gasteiger partial charge >= 0.3 is 0 Å². The number of amidine groups is 1. The third-order valence-corrected chi connectivity index (χ3v) is 3.39. The summed E-state index contributed by atoms with van der Waals surface area (Å²) in [7, 11) is 0. The number of hydrogen-bond acceptors (Lipinski definition) is 4. The van der Waals surface area contributed by atoms with E-state index in [-0.39, 0.29) is 23.5 Å². The van der Waals surface area contributed by atoms with Gasteiger partial charge in [-0.1, -0.05) is 17.3 Å². The highest BCUT2D eigenvalue weighted by Crippen LogP contribution is 2.16. The predicted octanol–water partition coefficient (Wildman–Crippen LogP) is 1.19. The molecule has 0 saturated carbocycles. The minimum atomic E-state index is -0.461. The normalized spacial score (nSPS) is 23.8. The molecule has 2 atom stereocenters. The molecule has 1 heterocycles. The molecule has 0 aromatic heterocycles. The van der Waals surface area contributed by atoms with Crippen LogP contribution in [0.15, 0.2) is 23.4 Å². The summed E-state index contributed by atoms with van der Waals surface area (Å²) in [6, 6.07) is 5.07. The van der Waals surface area contributed by atoms with E-state index in [1.165, 1.54) is 6.07 Å². The van der Waals surface area contributed by atoms with Crippen molar-refractivity contribution in [3.63, 3.8) is 0 Å². The lowest BCUT2D eigenvalue weighted by molar-refractivity contribution is 0.113. The van der Waals surface area contributed by atoms with Gasteiger partial charge in [-0.15, -0.1) is 0 Å². The van der Waals surface area contributed by atoms with E-state index in [1.807, 2.05) is 6.92 Å². The molecule has 0 aliphatic carbocycles. The molecule has 2 unspecified atom stereocenters. The smallest absolute Gasteiger partial charge is 0.173 e. The number of oxime groups is 1. The summed E-state index contributed by atoms with van der Waals surface area (Å²) >= 11 is 0. The number of rotatable bonds is 4. The Labute approximate surface area is 111 Å². The molecule has 1 aliphatic heterocycles. The summed E-state index contributed by atoms with van der Waals surface area (Å²) in [5.41, 5.74) is 6.02. The standard InChI is InChI=1S/C13H18FN3O2/c1-8-11(5-6-19-8)16-7-9-3-2-4-10(12(9)14)13(15)17-18/h2-4,8,11,16,18H,5-7H2,1H3,(H2,15,17). The van der Waals surface area contributed by atoms with Crippen molar-refractivity contribution in [1.82, 2.24) is 5.32 Å². The van der Waals surface area contributed by atoms with Gasteiger partial charge in [0, 0.05) is 24.8 Å². The zero-order chi connectivity index (χ0) is 13.8. The molecule has 104 valence electrons. The number of nitrogens with two attached hydrogens (primary N) is 1. The zero-order valence-corrected chi connectivity index (χ0v) is 10.8. The van der Waals surface area contributed by atoms with Gasteiger partial charge in [-0.25, -0.2) is 4.39 Å². The Kier molecular flexibility index (Phi) is 4.34. The van der Waals surface area contributed by atoms with Crippen LogP contribution in [0.3, 0.4) is 0 Å². The van der Waals surface area contributed by atoms with E-state index in [9.17, 15) is 4.39 Å². The largest absolute Gasteiger partial charge is 0.409 e. The Bertz CT molecular complexity index is 479. The molecule has 19 heavy (non-hydrogen) atoms. The summed E-state index contributed by atoms with van der Waals surface area (Å²) < 4.78 is 19.6. The van der Waals surface area contributed by atoms with Crippen LogP contribution in [0.25, 0.3) is 0 Å². The number of hydrogen-bond donors (Lipinski definition) is 3. The highest BCUT2D eigenvalue weighted by Gasteiger charge is 2.23. The van der Waals surface area contributed by atoms with E-state index in [0.29, 0.717) is 12.1 Å². The van der Waals surface area contributed by atoms with Gasteiger partial charge in [0.05, 0.1) is 11.7 Å². The van der Waals surface area contributed by atoms with Crippen LogP contribution < -0.4 is 11.1 Å². The summed E-state index contributed by atoms with van der Waals surface area (Å²) in [6.45, 7) is 3.11. The fraction of sp³-hybridized carbons (Fsp3) is 0.462. The predicted molar refractivity (Wildman–Crippen MR) is 69.6 cm³/mol. The van der Waals surface area contributed by atoms with Crippen LogP contribution in [-0.4, -0.2) is 29.8 Å². The summed E-state index contributed by atoms with van der Waals surface area (Å²) in [4.78, 5) is 0. The van der Waals surface area contributed by atoms with E-state index in [2.05, 4.69) is 10.5 Å². The third kappa shape index (κ3) is 3.02. The number of nitrogens with zero attached hydrogens (tertiary/aromatic N) is 1. The van der Waals surface area contributed by atoms with Crippen molar-refractivity contribution in [3.8, 4) is 0 Å². The summed E-state index contributed by atoms with van der Waals surface area (Å²) in [5.74, 6) is -0.686. The third-order valence-electron chi connectivity index (χ3n) is 3.39. The molecule has 0 spiro atoms. The maximum Gasteiger partial charge on any atom is 0.173 e. The number of benzene rings is 1. The maximum absolute atomic E-state index is 14.1. The molecule has 0 radical (unpaired) electrons. The fourth-order valence-electron chi connectivity index (χ4n) is 2.21. The second-order valence-electron chi connectivity index (χ2n) is 4.62. The molecule has 1 aliphatic rings. The Morgan fingerprint density at radius 3 is 3.05 bits per heavy atom. The molecule has 0 bridgehead atoms. The van der Waals surface area contributed by atoms with Crippen molar-refractivity contribution in [1.29, 1.82) is 0 Å². The molecule has 1 fully saturated rings. The molecule has 1 aromatic rings. The molecular weight excluding hydrogens is 249 g/mol. The minimum Gasteiger partial charge on any atom is -0.409 e. The van der Waals surface area contributed by atoms with Gasteiger partial charge in [0.1, 0.15) is 5.82 Å². The molecule has 2 rings (SSSR count). The van der Waals surface area contributed by atoms with Crippen LogP contribution in [0.5, 0.6) is 0 Å². The molecule has 4 N–H and O–H groups in total. The first-order chi connectivity index (χ1) is 9.13. The summed E-state index contributed by atoms with van der Waals surface area (Å²) in [6.07, 6.45) is 1.05. The molecule has 1 saturated heterocycles. The topological polar surface area (TPSA) is 79.9 Å². The van der Waals surface area contributed by atoms with Crippen LogP contribution in [0.4, 0.5) is 4.39 Å². The number of halogens is 1. The van der Waals surface area contributed by atoms with Gasteiger partial charge in [-0.05, 0) is 19.4 Å². The monoisotopic (exact) mass is 267 g/mol. The highest BCUT2D eigenvalue weighted by atomic mass is 19.1. The van der Waals surface area contributed by atoms with Crippen molar-refractivity contribution >= 4 is 5.84 Å².